The fourth-order valence-corrected chi connectivity index (χ4v) is 4.24. The second-order valence-electron chi connectivity index (χ2n) is 4.70. The van der Waals surface area contributed by atoms with Crippen LogP contribution in [0.4, 0.5) is 0 Å². The highest BCUT2D eigenvalue weighted by Gasteiger charge is 2.16. The molecule has 2 rings (SSSR count). The fourth-order valence-electron chi connectivity index (χ4n) is 1.83. The molecule has 0 saturated carbocycles. The number of likely N-dealkylation sites (N-methyl/N-ethyl adjacent to an activating group) is 1. The van der Waals surface area contributed by atoms with Crippen molar-refractivity contribution < 1.29 is 8.42 Å². The minimum absolute atomic E-state index is 0.278. The quantitative estimate of drug-likeness (QED) is 0.813. The summed E-state index contributed by atoms with van der Waals surface area (Å²) in [6.07, 6.45) is 4.22. The van der Waals surface area contributed by atoms with E-state index in [-0.39, 0.29) is 6.54 Å². The third-order valence-electron chi connectivity index (χ3n) is 3.11. The molecular formula is C14H19N3O2S2. The Morgan fingerprint density at radius 1 is 1.29 bits per heavy atom. The van der Waals surface area contributed by atoms with Crippen molar-refractivity contribution in [1.82, 2.24) is 15.0 Å². The van der Waals surface area contributed by atoms with E-state index in [1.807, 2.05) is 26.1 Å². The summed E-state index contributed by atoms with van der Waals surface area (Å²) < 4.78 is 27.5. The predicted octanol–water partition coefficient (Wildman–Crippen LogP) is 1.69. The number of nitrogens with zero attached hydrogens (tertiary/aromatic N) is 1. The van der Waals surface area contributed by atoms with E-state index in [9.17, 15) is 8.42 Å². The van der Waals surface area contributed by atoms with E-state index in [0.717, 1.165) is 29.0 Å². The first-order valence-corrected chi connectivity index (χ1v) is 8.95. The minimum Gasteiger partial charge on any atom is -0.319 e. The van der Waals surface area contributed by atoms with Crippen LogP contribution in [0.2, 0.25) is 0 Å². The lowest BCUT2D eigenvalue weighted by atomic mass is 10.2. The highest BCUT2D eigenvalue weighted by atomic mass is 32.2. The van der Waals surface area contributed by atoms with E-state index in [4.69, 9.17) is 0 Å². The molecule has 0 aliphatic rings. The molecule has 0 radical (unpaired) electrons. The molecule has 21 heavy (non-hydrogen) atoms. The first kappa shape index (κ1) is 16.1. The molecule has 0 bridgehead atoms. The van der Waals surface area contributed by atoms with Crippen LogP contribution in [0.3, 0.4) is 0 Å². The summed E-state index contributed by atoms with van der Waals surface area (Å²) in [5.41, 5.74) is 1.90. The van der Waals surface area contributed by atoms with E-state index in [0.29, 0.717) is 4.21 Å². The first-order chi connectivity index (χ1) is 10.0. The van der Waals surface area contributed by atoms with Gasteiger partial charge in [-0.3, -0.25) is 4.98 Å². The Balaban J connectivity index is 2.05. The Morgan fingerprint density at radius 2 is 2.10 bits per heavy atom. The van der Waals surface area contributed by atoms with Crippen LogP contribution < -0.4 is 10.0 Å². The smallest absolute Gasteiger partial charge is 0.250 e. The molecule has 2 aromatic heterocycles. The van der Waals surface area contributed by atoms with Crippen LogP contribution in [0, 0.1) is 6.92 Å². The zero-order valence-electron chi connectivity index (χ0n) is 12.1. The average molecular weight is 325 g/mol. The molecule has 2 N–H and O–H groups in total. The second-order valence-corrected chi connectivity index (χ2v) is 7.86. The van der Waals surface area contributed by atoms with Gasteiger partial charge in [-0.2, -0.15) is 0 Å². The highest BCUT2D eigenvalue weighted by Crippen LogP contribution is 2.22. The topological polar surface area (TPSA) is 71.1 Å². The van der Waals surface area contributed by atoms with Gasteiger partial charge in [0.05, 0.1) is 0 Å². The van der Waals surface area contributed by atoms with Gasteiger partial charge in [-0.15, -0.1) is 11.3 Å². The van der Waals surface area contributed by atoms with E-state index in [2.05, 4.69) is 15.0 Å². The molecular weight excluding hydrogens is 306 g/mol. The van der Waals surface area contributed by atoms with Crippen molar-refractivity contribution in [1.29, 1.82) is 0 Å². The van der Waals surface area contributed by atoms with Gasteiger partial charge in [-0.25, -0.2) is 13.1 Å². The molecule has 5 nitrogen and oxygen atoms in total. The Kier molecular flexibility index (Phi) is 5.46. The molecule has 0 aliphatic heterocycles. The molecule has 0 aliphatic carbocycles. The van der Waals surface area contributed by atoms with Gasteiger partial charge < -0.3 is 5.32 Å². The lowest BCUT2D eigenvalue weighted by Gasteiger charge is -2.07. The second kappa shape index (κ2) is 7.13. The summed E-state index contributed by atoms with van der Waals surface area (Å²) in [7, 11) is -1.57. The van der Waals surface area contributed by atoms with Crippen molar-refractivity contribution in [3.63, 3.8) is 0 Å². The summed E-state index contributed by atoms with van der Waals surface area (Å²) in [4.78, 5) is 5.06. The van der Waals surface area contributed by atoms with E-state index in [1.54, 1.807) is 18.5 Å². The number of nitrogens with one attached hydrogen (secondary N) is 2. The largest absolute Gasteiger partial charge is 0.319 e. The van der Waals surface area contributed by atoms with Gasteiger partial charge in [0.25, 0.3) is 0 Å². The van der Waals surface area contributed by atoms with Gasteiger partial charge in [0, 0.05) is 23.8 Å². The SMILES string of the molecule is CNCCc1ccc(S(=O)(=O)NCc2ccncc2C)s1. The van der Waals surface area contributed by atoms with Crippen LogP contribution in [-0.4, -0.2) is 27.0 Å². The van der Waals surface area contributed by atoms with Crippen LogP contribution in [-0.2, 0) is 23.0 Å². The van der Waals surface area contributed by atoms with E-state index >= 15 is 0 Å². The lowest BCUT2D eigenvalue weighted by Crippen LogP contribution is -2.22. The van der Waals surface area contributed by atoms with Crippen molar-refractivity contribution in [2.75, 3.05) is 13.6 Å². The predicted molar refractivity (Wildman–Crippen MR) is 84.9 cm³/mol. The standard InChI is InChI=1S/C14H19N3O2S2/c1-11-9-16-8-5-12(11)10-17-21(18,19)14-4-3-13(20-14)6-7-15-2/h3-5,8-9,15,17H,6-7,10H2,1-2H3. The number of rotatable bonds is 7. The van der Waals surface area contributed by atoms with Gasteiger partial charge >= 0.3 is 0 Å². The van der Waals surface area contributed by atoms with Crippen molar-refractivity contribution in [3.05, 3.63) is 46.6 Å². The lowest BCUT2D eigenvalue weighted by molar-refractivity contribution is 0.583. The summed E-state index contributed by atoms with van der Waals surface area (Å²) in [5.74, 6) is 0. The molecule has 114 valence electrons. The third-order valence-corrected chi connectivity index (χ3v) is 6.15. The zero-order chi connectivity index (χ0) is 15.3. The normalized spacial score (nSPS) is 11.7. The highest BCUT2D eigenvalue weighted by molar-refractivity contribution is 7.91. The van der Waals surface area contributed by atoms with Gasteiger partial charge in [-0.05, 0) is 56.3 Å². The molecule has 7 heteroatoms. The number of hydrogen-bond acceptors (Lipinski definition) is 5. The molecule has 0 fully saturated rings. The monoisotopic (exact) mass is 325 g/mol. The maximum Gasteiger partial charge on any atom is 0.250 e. The van der Waals surface area contributed by atoms with Crippen LogP contribution in [0.15, 0.2) is 34.8 Å². The van der Waals surface area contributed by atoms with Crippen molar-refractivity contribution in [2.45, 2.75) is 24.1 Å². The number of sulfonamides is 1. The van der Waals surface area contributed by atoms with Gasteiger partial charge in [-0.1, -0.05) is 0 Å². The molecule has 0 saturated heterocycles. The summed E-state index contributed by atoms with van der Waals surface area (Å²) in [5, 5.41) is 3.05. The Bertz CT molecular complexity index is 696. The van der Waals surface area contributed by atoms with Crippen LogP contribution in [0.5, 0.6) is 0 Å². The Morgan fingerprint density at radius 3 is 2.81 bits per heavy atom. The number of aromatic nitrogens is 1. The Labute approximate surface area is 129 Å². The molecule has 2 aromatic rings. The van der Waals surface area contributed by atoms with Gasteiger partial charge in [0.1, 0.15) is 4.21 Å². The maximum atomic E-state index is 12.3. The van der Waals surface area contributed by atoms with E-state index in [1.165, 1.54) is 11.3 Å². The summed E-state index contributed by atoms with van der Waals surface area (Å²) in [6.45, 7) is 3.03. The molecule has 0 aromatic carbocycles. The number of pyridine rings is 1. The molecule has 0 atom stereocenters. The molecule has 0 amide bonds. The average Bonchev–Trinajstić information content (AvgIpc) is 2.94. The third kappa shape index (κ3) is 4.34. The molecule has 0 spiro atoms. The Hall–Kier alpha value is -1.28. The van der Waals surface area contributed by atoms with Crippen molar-refractivity contribution >= 4 is 21.4 Å². The molecule has 2 heterocycles. The number of hydrogen-bond donors (Lipinski definition) is 2. The van der Waals surface area contributed by atoms with Crippen molar-refractivity contribution in [3.8, 4) is 0 Å². The van der Waals surface area contributed by atoms with Crippen LogP contribution in [0.1, 0.15) is 16.0 Å². The van der Waals surface area contributed by atoms with Gasteiger partial charge in [0.15, 0.2) is 0 Å². The van der Waals surface area contributed by atoms with Crippen LogP contribution >= 0.6 is 11.3 Å². The van der Waals surface area contributed by atoms with Gasteiger partial charge in [0.2, 0.25) is 10.0 Å². The zero-order valence-corrected chi connectivity index (χ0v) is 13.7. The number of thiophene rings is 1. The summed E-state index contributed by atoms with van der Waals surface area (Å²) >= 11 is 1.32. The first-order valence-electron chi connectivity index (χ1n) is 6.65. The number of aryl methyl sites for hydroxylation is 1. The maximum absolute atomic E-state index is 12.3. The fraction of sp³-hybridized carbons (Fsp3) is 0.357. The van der Waals surface area contributed by atoms with E-state index < -0.39 is 10.0 Å². The molecule has 0 unspecified atom stereocenters. The minimum atomic E-state index is -3.45. The summed E-state index contributed by atoms with van der Waals surface area (Å²) in [6, 6.07) is 5.36. The van der Waals surface area contributed by atoms with Crippen LogP contribution in [0.25, 0.3) is 0 Å². The van der Waals surface area contributed by atoms with Crippen molar-refractivity contribution in [2.24, 2.45) is 0 Å².